The Hall–Kier alpha value is -3.99. The quantitative estimate of drug-likeness (QED) is 0.272. The molecule has 1 fully saturated rings. The number of rotatable bonds is 10. The van der Waals surface area contributed by atoms with Gasteiger partial charge in [0.25, 0.3) is 0 Å². The number of ether oxygens (including phenoxy) is 2. The number of hydrogen-bond donors (Lipinski definition) is 1. The van der Waals surface area contributed by atoms with Crippen molar-refractivity contribution in [2.24, 2.45) is 5.92 Å². The molecule has 5 heteroatoms. The highest BCUT2D eigenvalue weighted by atomic mass is 16.5. The number of benzene rings is 2. The third kappa shape index (κ3) is 6.10. The Morgan fingerprint density at radius 1 is 1.16 bits per heavy atom. The Balaban J connectivity index is 1.90. The maximum atomic E-state index is 12.8. The van der Waals surface area contributed by atoms with Crippen LogP contribution in [0, 0.1) is 5.92 Å². The highest BCUT2D eigenvalue weighted by molar-refractivity contribution is 5.95. The van der Waals surface area contributed by atoms with E-state index in [1.807, 2.05) is 48.6 Å². The SMILES string of the molecule is C=C/C(=C\C=c1\c(-c2ccc(C(C)(C)C)cc2)c(C(=O)O)n(Cc2cccc(OC)c2)c1=C)OCC1CC1. The lowest BCUT2D eigenvalue weighted by Crippen LogP contribution is -2.29. The first kappa shape index (κ1) is 27.1. The monoisotopic (exact) mass is 511 g/mol. The second kappa shape index (κ2) is 11.2. The molecule has 0 amide bonds. The van der Waals surface area contributed by atoms with Gasteiger partial charge >= 0.3 is 5.97 Å². The van der Waals surface area contributed by atoms with Crippen molar-refractivity contribution in [1.82, 2.24) is 4.57 Å². The fourth-order valence-electron chi connectivity index (χ4n) is 4.49. The van der Waals surface area contributed by atoms with Crippen molar-refractivity contribution in [2.45, 2.75) is 45.6 Å². The average molecular weight is 512 g/mol. The first-order valence-electron chi connectivity index (χ1n) is 13.0. The lowest BCUT2D eigenvalue weighted by molar-refractivity contribution is 0.0686. The lowest BCUT2D eigenvalue weighted by Gasteiger charge is -2.19. The van der Waals surface area contributed by atoms with Crippen LogP contribution >= 0.6 is 0 Å². The van der Waals surface area contributed by atoms with E-state index in [0.29, 0.717) is 41.5 Å². The molecule has 0 atom stereocenters. The van der Waals surface area contributed by atoms with Crippen LogP contribution in [0.5, 0.6) is 5.75 Å². The molecule has 5 nitrogen and oxygen atoms in total. The molecular weight excluding hydrogens is 474 g/mol. The summed E-state index contributed by atoms with van der Waals surface area (Å²) in [6, 6.07) is 15.8. The number of carboxylic acid groups (broad SMARTS) is 1. The van der Waals surface area contributed by atoms with Gasteiger partial charge in [0.1, 0.15) is 17.2 Å². The van der Waals surface area contributed by atoms with Crippen LogP contribution in [0.25, 0.3) is 23.8 Å². The maximum absolute atomic E-state index is 12.8. The minimum Gasteiger partial charge on any atom is -0.497 e. The van der Waals surface area contributed by atoms with Gasteiger partial charge in [-0.25, -0.2) is 4.79 Å². The van der Waals surface area contributed by atoms with E-state index in [0.717, 1.165) is 16.3 Å². The molecular formula is C33H37NO4. The van der Waals surface area contributed by atoms with Gasteiger partial charge in [0, 0.05) is 22.7 Å². The highest BCUT2D eigenvalue weighted by Gasteiger charge is 2.23. The summed E-state index contributed by atoms with van der Waals surface area (Å²) in [6.45, 7) is 15.7. The summed E-state index contributed by atoms with van der Waals surface area (Å²) in [5.41, 5.74) is 3.73. The molecule has 1 N–H and O–H groups in total. The summed E-state index contributed by atoms with van der Waals surface area (Å²) >= 11 is 0. The molecule has 1 aliphatic rings. The number of allylic oxidation sites excluding steroid dienone is 2. The predicted molar refractivity (Wildman–Crippen MR) is 154 cm³/mol. The van der Waals surface area contributed by atoms with E-state index < -0.39 is 5.97 Å². The second-order valence-electron chi connectivity index (χ2n) is 10.8. The third-order valence-electron chi connectivity index (χ3n) is 6.93. The van der Waals surface area contributed by atoms with E-state index in [2.05, 4.69) is 46.1 Å². The molecule has 0 bridgehead atoms. The van der Waals surface area contributed by atoms with Gasteiger partial charge < -0.3 is 19.1 Å². The van der Waals surface area contributed by atoms with Gasteiger partial charge in [0.05, 0.1) is 13.7 Å². The van der Waals surface area contributed by atoms with Gasteiger partial charge in [-0.2, -0.15) is 0 Å². The number of aromatic nitrogens is 1. The van der Waals surface area contributed by atoms with Crippen molar-refractivity contribution in [3.05, 3.63) is 100 Å². The maximum Gasteiger partial charge on any atom is 0.353 e. The first-order valence-corrected chi connectivity index (χ1v) is 13.0. The lowest BCUT2D eigenvalue weighted by atomic mass is 9.86. The second-order valence-corrected chi connectivity index (χ2v) is 10.8. The van der Waals surface area contributed by atoms with E-state index >= 15 is 0 Å². The molecule has 0 saturated heterocycles. The molecule has 1 heterocycles. The molecule has 0 unspecified atom stereocenters. The molecule has 38 heavy (non-hydrogen) atoms. The topological polar surface area (TPSA) is 60.7 Å². The molecule has 4 rings (SSSR count). The Labute approximate surface area is 225 Å². The molecule has 198 valence electrons. The minimum atomic E-state index is -1.01. The van der Waals surface area contributed by atoms with Crippen LogP contribution in [0.3, 0.4) is 0 Å². The van der Waals surface area contributed by atoms with Crippen LogP contribution < -0.4 is 15.3 Å². The van der Waals surface area contributed by atoms with Crippen molar-refractivity contribution < 1.29 is 19.4 Å². The summed E-state index contributed by atoms with van der Waals surface area (Å²) in [5.74, 6) is 0.975. The zero-order chi connectivity index (χ0) is 27.4. The molecule has 0 radical (unpaired) electrons. The van der Waals surface area contributed by atoms with Gasteiger partial charge in [-0.1, -0.05) is 70.3 Å². The summed E-state index contributed by atoms with van der Waals surface area (Å²) in [7, 11) is 1.62. The Bertz CT molecular complexity index is 1460. The number of carboxylic acids is 1. The van der Waals surface area contributed by atoms with Crippen molar-refractivity contribution >= 4 is 18.6 Å². The van der Waals surface area contributed by atoms with E-state index in [9.17, 15) is 9.90 Å². The van der Waals surface area contributed by atoms with Crippen molar-refractivity contribution in [2.75, 3.05) is 13.7 Å². The molecule has 0 aliphatic heterocycles. The standard InChI is InChI=1S/C33H37NO4/c1-7-27(38-21-23-11-12-23)17-18-29-22(2)34(20-24-9-8-10-28(19-24)37-6)31(32(35)36)30(29)25-13-15-26(16-14-25)33(3,4)5/h7-10,13-19,23H,1-2,11-12,20-21H2,3-6H3,(H,35,36)/b27-17+,29-18+. The number of aromatic carboxylic acids is 1. The molecule has 1 saturated carbocycles. The highest BCUT2D eigenvalue weighted by Crippen LogP contribution is 2.30. The van der Waals surface area contributed by atoms with E-state index in [4.69, 9.17) is 9.47 Å². The fourth-order valence-corrected chi connectivity index (χ4v) is 4.49. The Morgan fingerprint density at radius 3 is 2.45 bits per heavy atom. The number of carbonyl (C=O) groups is 1. The van der Waals surface area contributed by atoms with E-state index in [1.165, 1.54) is 18.4 Å². The number of nitrogens with zero attached hydrogens (tertiary/aromatic N) is 1. The fraction of sp³-hybridized carbons (Fsp3) is 0.303. The number of hydrogen-bond acceptors (Lipinski definition) is 3. The van der Waals surface area contributed by atoms with Crippen LogP contribution in [0.1, 0.15) is 55.2 Å². The van der Waals surface area contributed by atoms with Crippen molar-refractivity contribution in [3.8, 4) is 16.9 Å². The van der Waals surface area contributed by atoms with E-state index in [1.54, 1.807) is 17.8 Å². The predicted octanol–water partition coefficient (Wildman–Crippen LogP) is 5.90. The van der Waals surface area contributed by atoms with Gasteiger partial charge in [-0.15, -0.1) is 0 Å². The summed E-state index contributed by atoms with van der Waals surface area (Å²) in [4.78, 5) is 12.8. The van der Waals surface area contributed by atoms with Crippen molar-refractivity contribution in [3.63, 3.8) is 0 Å². The van der Waals surface area contributed by atoms with Crippen LogP contribution in [0.4, 0.5) is 0 Å². The van der Waals surface area contributed by atoms with Crippen LogP contribution in [0.15, 0.2) is 73.0 Å². The zero-order valence-electron chi connectivity index (χ0n) is 22.8. The smallest absolute Gasteiger partial charge is 0.353 e. The van der Waals surface area contributed by atoms with Crippen molar-refractivity contribution in [1.29, 1.82) is 0 Å². The molecule has 0 spiro atoms. The summed E-state index contributed by atoms with van der Waals surface area (Å²) < 4.78 is 13.1. The Morgan fingerprint density at radius 2 is 1.87 bits per heavy atom. The van der Waals surface area contributed by atoms with Gasteiger partial charge in [0.15, 0.2) is 0 Å². The van der Waals surface area contributed by atoms with Gasteiger partial charge in [-0.3, -0.25) is 0 Å². The molecule has 1 aliphatic carbocycles. The Kier molecular flexibility index (Phi) is 7.96. The summed E-state index contributed by atoms with van der Waals surface area (Å²) in [5, 5.41) is 11.8. The normalized spacial score (nSPS) is 14.4. The van der Waals surface area contributed by atoms with Crippen LogP contribution in [-0.2, 0) is 16.7 Å². The average Bonchev–Trinajstić information content (AvgIpc) is 3.68. The van der Waals surface area contributed by atoms with Crippen LogP contribution in [-0.4, -0.2) is 29.4 Å². The molecule has 2 aromatic carbocycles. The van der Waals surface area contributed by atoms with Crippen LogP contribution in [0.2, 0.25) is 0 Å². The van der Waals surface area contributed by atoms with Gasteiger partial charge in [0.2, 0.25) is 0 Å². The molecule has 3 aromatic rings. The largest absolute Gasteiger partial charge is 0.497 e. The first-order chi connectivity index (χ1) is 18.1. The minimum absolute atomic E-state index is 0.0145. The molecule has 1 aromatic heterocycles. The van der Waals surface area contributed by atoms with Gasteiger partial charge in [-0.05, 0) is 71.2 Å². The number of methoxy groups -OCH3 is 1. The van der Waals surface area contributed by atoms with E-state index in [-0.39, 0.29) is 11.1 Å². The third-order valence-corrected chi connectivity index (χ3v) is 6.93. The summed E-state index contributed by atoms with van der Waals surface area (Å²) in [6.07, 6.45) is 7.83. The zero-order valence-corrected chi connectivity index (χ0v) is 22.8.